The second-order valence-electron chi connectivity index (χ2n) is 12.4. The molecule has 2 heteroatoms. The third-order valence-corrected chi connectivity index (χ3v) is 8.87. The lowest BCUT2D eigenvalue weighted by molar-refractivity contribution is 0.189. The summed E-state index contributed by atoms with van der Waals surface area (Å²) in [6, 6.07) is 0. The highest BCUT2D eigenvalue weighted by Crippen LogP contribution is 2.35. The molecule has 2 N–H and O–H groups in total. The summed E-state index contributed by atoms with van der Waals surface area (Å²) in [4.78, 5) is 0. The maximum atomic E-state index is 7.47. The first-order valence-corrected chi connectivity index (χ1v) is 17.4. The Hall–Kier alpha value is 0.250. The van der Waals surface area contributed by atoms with Crippen LogP contribution in [0.5, 0.6) is 0 Å². The molecule has 0 amide bonds. The van der Waals surface area contributed by atoms with Gasteiger partial charge in [-0.25, -0.2) is 0 Å². The first kappa shape index (κ1) is 39.4. The Balaban J connectivity index is 0. The Morgan fingerprint density at radius 1 is 0.378 bits per heavy atom. The lowest BCUT2D eigenvalue weighted by Gasteiger charge is -2.39. The number of hydrogen-bond donors (Lipinski definition) is 1. The highest BCUT2D eigenvalue weighted by Gasteiger charge is 2.33. The molecule has 0 aliphatic rings. The maximum absolute atomic E-state index is 7.47. The lowest BCUT2D eigenvalue weighted by Crippen LogP contribution is -2.47. The molecular formula is C35H74ClN. The molecule has 0 saturated heterocycles. The van der Waals surface area contributed by atoms with Gasteiger partial charge in [0.2, 0.25) is 0 Å². The van der Waals surface area contributed by atoms with Gasteiger partial charge >= 0.3 is 0 Å². The van der Waals surface area contributed by atoms with Crippen LogP contribution in [-0.2, 0) is 0 Å². The molecule has 0 aliphatic heterocycles. The van der Waals surface area contributed by atoms with Crippen molar-refractivity contribution in [3.05, 3.63) is 0 Å². The molecule has 0 spiro atoms. The van der Waals surface area contributed by atoms with Crippen LogP contribution in [0.1, 0.15) is 214 Å². The van der Waals surface area contributed by atoms with Gasteiger partial charge in [0, 0.05) is 5.54 Å². The van der Waals surface area contributed by atoms with Crippen LogP contribution in [-0.4, -0.2) is 5.54 Å². The summed E-state index contributed by atoms with van der Waals surface area (Å²) in [6.07, 6.45) is 40.5. The first-order chi connectivity index (χ1) is 17.6. The van der Waals surface area contributed by atoms with Crippen LogP contribution in [0.15, 0.2) is 0 Å². The van der Waals surface area contributed by atoms with Gasteiger partial charge in [-0.2, -0.15) is 0 Å². The Labute approximate surface area is 243 Å². The molecule has 0 saturated carbocycles. The van der Waals surface area contributed by atoms with Crippen LogP contribution in [0.4, 0.5) is 0 Å². The fraction of sp³-hybridized carbons (Fsp3) is 1.00. The van der Waals surface area contributed by atoms with E-state index in [1.165, 1.54) is 186 Å². The molecular weight excluding hydrogens is 470 g/mol. The summed E-state index contributed by atoms with van der Waals surface area (Å²) < 4.78 is 0. The Bertz CT molecular complexity index is 394. The second kappa shape index (κ2) is 30.8. The highest BCUT2D eigenvalue weighted by atomic mass is 35.5. The molecule has 0 aromatic heterocycles. The van der Waals surface area contributed by atoms with Crippen molar-refractivity contribution in [1.29, 1.82) is 0 Å². The van der Waals surface area contributed by atoms with Crippen molar-refractivity contribution >= 4 is 12.4 Å². The molecule has 0 aromatic rings. The van der Waals surface area contributed by atoms with Crippen LogP contribution in [0, 0.1) is 5.92 Å². The van der Waals surface area contributed by atoms with Crippen LogP contribution in [0.25, 0.3) is 0 Å². The number of rotatable bonds is 30. The second-order valence-corrected chi connectivity index (χ2v) is 12.4. The van der Waals surface area contributed by atoms with Gasteiger partial charge in [0.1, 0.15) is 0 Å². The van der Waals surface area contributed by atoms with E-state index in [1.807, 2.05) is 0 Å². The molecule has 1 unspecified atom stereocenters. The first-order valence-electron chi connectivity index (χ1n) is 17.4. The van der Waals surface area contributed by atoms with E-state index >= 15 is 0 Å². The van der Waals surface area contributed by atoms with Crippen molar-refractivity contribution in [2.24, 2.45) is 11.7 Å². The number of unbranched alkanes of at least 4 members (excludes halogenated alkanes) is 21. The van der Waals surface area contributed by atoms with Crippen LogP contribution in [0.2, 0.25) is 0 Å². The highest BCUT2D eigenvalue weighted by molar-refractivity contribution is 5.85. The average Bonchev–Trinajstić information content (AvgIpc) is 2.88. The molecule has 0 aromatic carbocycles. The monoisotopic (exact) mass is 544 g/mol. The summed E-state index contributed by atoms with van der Waals surface area (Å²) in [7, 11) is 0. The van der Waals surface area contributed by atoms with Gasteiger partial charge < -0.3 is 5.73 Å². The van der Waals surface area contributed by atoms with Crippen molar-refractivity contribution in [3.63, 3.8) is 0 Å². The van der Waals surface area contributed by atoms with E-state index in [9.17, 15) is 0 Å². The number of hydrogen-bond acceptors (Lipinski definition) is 1. The molecule has 0 fully saturated rings. The average molecular weight is 544 g/mol. The van der Waals surface area contributed by atoms with Crippen LogP contribution in [0.3, 0.4) is 0 Å². The molecule has 1 nitrogen and oxygen atoms in total. The molecule has 0 bridgehead atoms. The predicted octanol–water partition coefficient (Wildman–Crippen LogP) is 13.1. The molecule has 226 valence electrons. The largest absolute Gasteiger partial charge is 0.325 e. The SMILES string of the molecule is CCCCCCCCCC(CCCCCCCC)C(N)(CCCCCCCC)CCCCCCCC.Cl. The van der Waals surface area contributed by atoms with Crippen molar-refractivity contribution in [2.45, 2.75) is 219 Å². The van der Waals surface area contributed by atoms with Gasteiger partial charge in [0.25, 0.3) is 0 Å². The lowest BCUT2D eigenvalue weighted by atomic mass is 9.72. The fourth-order valence-electron chi connectivity index (χ4n) is 6.24. The van der Waals surface area contributed by atoms with E-state index in [1.54, 1.807) is 0 Å². The zero-order chi connectivity index (χ0) is 26.6. The van der Waals surface area contributed by atoms with Crippen molar-refractivity contribution in [2.75, 3.05) is 0 Å². The van der Waals surface area contributed by atoms with E-state index in [4.69, 9.17) is 5.73 Å². The van der Waals surface area contributed by atoms with Crippen molar-refractivity contribution in [3.8, 4) is 0 Å². The molecule has 0 rings (SSSR count). The fourth-order valence-corrected chi connectivity index (χ4v) is 6.24. The summed E-state index contributed by atoms with van der Waals surface area (Å²) in [5, 5.41) is 0. The van der Waals surface area contributed by atoms with Gasteiger partial charge in [0.05, 0.1) is 0 Å². The van der Waals surface area contributed by atoms with Gasteiger partial charge in [0.15, 0.2) is 0 Å². The summed E-state index contributed by atoms with van der Waals surface area (Å²) in [6.45, 7) is 9.29. The van der Waals surface area contributed by atoms with Gasteiger partial charge in [-0.1, -0.05) is 188 Å². The minimum Gasteiger partial charge on any atom is -0.325 e. The Kier molecular flexibility index (Phi) is 32.8. The van der Waals surface area contributed by atoms with E-state index in [0.29, 0.717) is 0 Å². The standard InChI is InChI=1S/C35H73N.ClH/c1-5-9-13-17-21-23-27-31-34(30-26-22-18-14-10-6-2)35(36,32-28-24-19-15-11-7-3)33-29-25-20-16-12-8-4;/h34H,5-33,36H2,1-4H3;1H. The molecule has 0 heterocycles. The number of halogens is 1. The predicted molar refractivity (Wildman–Crippen MR) is 174 cm³/mol. The maximum Gasteiger partial charge on any atom is 0.0182 e. The minimum absolute atomic E-state index is 0. The van der Waals surface area contributed by atoms with Crippen LogP contribution >= 0.6 is 12.4 Å². The zero-order valence-corrected chi connectivity index (χ0v) is 27.4. The third kappa shape index (κ3) is 25.0. The van der Waals surface area contributed by atoms with E-state index < -0.39 is 0 Å². The van der Waals surface area contributed by atoms with Gasteiger partial charge in [-0.05, 0) is 31.6 Å². The smallest absolute Gasteiger partial charge is 0.0182 e. The van der Waals surface area contributed by atoms with Crippen molar-refractivity contribution < 1.29 is 0 Å². The molecule has 1 atom stereocenters. The zero-order valence-electron chi connectivity index (χ0n) is 26.6. The Morgan fingerprint density at radius 2 is 0.622 bits per heavy atom. The van der Waals surface area contributed by atoms with E-state index in [0.717, 1.165) is 5.92 Å². The minimum atomic E-state index is 0. The Morgan fingerprint density at radius 3 is 0.919 bits per heavy atom. The normalized spacial score (nSPS) is 12.6. The van der Waals surface area contributed by atoms with Gasteiger partial charge in [-0.3, -0.25) is 0 Å². The van der Waals surface area contributed by atoms with Gasteiger partial charge in [-0.15, -0.1) is 12.4 Å². The van der Waals surface area contributed by atoms with Crippen molar-refractivity contribution in [1.82, 2.24) is 0 Å². The topological polar surface area (TPSA) is 26.0 Å². The molecule has 0 radical (unpaired) electrons. The van der Waals surface area contributed by atoms with Crippen LogP contribution < -0.4 is 5.73 Å². The summed E-state index contributed by atoms with van der Waals surface area (Å²) in [5.41, 5.74) is 7.57. The quantitative estimate of drug-likeness (QED) is 0.0895. The van der Waals surface area contributed by atoms with E-state index in [2.05, 4.69) is 27.7 Å². The molecule has 37 heavy (non-hydrogen) atoms. The molecule has 0 aliphatic carbocycles. The summed E-state index contributed by atoms with van der Waals surface area (Å²) >= 11 is 0. The summed E-state index contributed by atoms with van der Waals surface area (Å²) in [5.74, 6) is 0.755. The van der Waals surface area contributed by atoms with E-state index in [-0.39, 0.29) is 17.9 Å². The number of nitrogens with two attached hydrogens (primary N) is 1. The third-order valence-electron chi connectivity index (χ3n) is 8.87.